The van der Waals surface area contributed by atoms with Gasteiger partial charge >= 0.3 is 11.7 Å². The maximum absolute atomic E-state index is 13.1. The fourth-order valence-electron chi connectivity index (χ4n) is 2.64. The fourth-order valence-corrected chi connectivity index (χ4v) is 2.64. The molecule has 0 spiro atoms. The molecule has 0 unspecified atom stereocenters. The molecule has 0 saturated heterocycles. The summed E-state index contributed by atoms with van der Waals surface area (Å²) in [6, 6.07) is 5.16. The third-order valence-corrected chi connectivity index (χ3v) is 3.86. The predicted molar refractivity (Wildman–Crippen MR) is 92.0 cm³/mol. The third kappa shape index (κ3) is 2.56. The molecule has 0 radical (unpaired) electrons. The minimum Gasteiger partial charge on any atom is -0.462 e. The van der Waals surface area contributed by atoms with Gasteiger partial charge in [-0.05, 0) is 31.2 Å². The average molecular weight is 369 g/mol. The Kier molecular flexibility index (Phi) is 3.76. The van der Waals surface area contributed by atoms with E-state index in [1.54, 1.807) is 6.92 Å². The molecule has 11 heteroatoms. The highest BCUT2D eigenvalue weighted by Crippen LogP contribution is 2.20. The van der Waals surface area contributed by atoms with Gasteiger partial charge in [-0.3, -0.25) is 0 Å². The third-order valence-electron chi connectivity index (χ3n) is 3.86. The molecule has 3 aromatic heterocycles. The Balaban J connectivity index is 1.97. The lowest BCUT2D eigenvalue weighted by Gasteiger charge is -2.10. The number of benzene rings is 1. The van der Waals surface area contributed by atoms with E-state index in [1.165, 1.54) is 35.0 Å². The molecule has 1 aromatic carbocycles. The number of carbonyl (C=O) groups is 1. The molecule has 0 fully saturated rings. The number of ether oxygens (including phenoxy) is 1. The van der Waals surface area contributed by atoms with E-state index in [0.29, 0.717) is 5.69 Å². The Morgan fingerprint density at radius 3 is 2.67 bits per heavy atom. The van der Waals surface area contributed by atoms with Crippen molar-refractivity contribution in [2.75, 3.05) is 12.3 Å². The van der Waals surface area contributed by atoms with Crippen molar-refractivity contribution in [3.63, 3.8) is 0 Å². The van der Waals surface area contributed by atoms with Crippen molar-refractivity contribution >= 4 is 28.6 Å². The van der Waals surface area contributed by atoms with Crippen LogP contribution in [0.1, 0.15) is 17.3 Å². The molecule has 0 atom stereocenters. The van der Waals surface area contributed by atoms with Crippen molar-refractivity contribution in [3.05, 3.63) is 52.3 Å². The number of hydrogen-bond acceptors (Lipinski definition) is 8. The van der Waals surface area contributed by atoms with E-state index < -0.39 is 17.5 Å². The van der Waals surface area contributed by atoms with Crippen molar-refractivity contribution in [1.29, 1.82) is 0 Å². The maximum atomic E-state index is 13.1. The number of halogens is 1. The Morgan fingerprint density at radius 2 is 1.96 bits per heavy atom. The molecule has 3 heterocycles. The highest BCUT2D eigenvalue weighted by Gasteiger charge is 2.20. The zero-order chi connectivity index (χ0) is 19.1. The molecule has 0 amide bonds. The number of carbonyl (C=O) groups excluding carboxylic acids is 1. The summed E-state index contributed by atoms with van der Waals surface area (Å²) >= 11 is 0. The van der Waals surface area contributed by atoms with Crippen LogP contribution in [0, 0.1) is 5.82 Å². The molecule has 10 nitrogen and oxygen atoms in total. The van der Waals surface area contributed by atoms with Gasteiger partial charge in [-0.1, -0.05) is 0 Å². The van der Waals surface area contributed by atoms with Gasteiger partial charge in [0.25, 0.3) is 0 Å². The van der Waals surface area contributed by atoms with Crippen LogP contribution in [0.25, 0.3) is 22.5 Å². The molecule has 0 bridgehead atoms. The van der Waals surface area contributed by atoms with E-state index in [4.69, 9.17) is 10.5 Å². The van der Waals surface area contributed by atoms with Crippen LogP contribution < -0.4 is 11.4 Å². The number of nitrogens with two attached hydrogens (primary N) is 1. The quantitative estimate of drug-likeness (QED) is 0.523. The first-order valence-electron chi connectivity index (χ1n) is 7.87. The molecule has 0 aliphatic carbocycles. The number of rotatable bonds is 3. The summed E-state index contributed by atoms with van der Waals surface area (Å²) in [5, 5.41) is 12.0. The number of esters is 1. The summed E-state index contributed by atoms with van der Waals surface area (Å²) in [4.78, 5) is 28.5. The van der Waals surface area contributed by atoms with Crippen molar-refractivity contribution in [3.8, 4) is 5.69 Å². The number of hydrogen-bond donors (Lipinski definition) is 1. The normalized spacial score (nSPS) is 11.2. The van der Waals surface area contributed by atoms with Crippen LogP contribution in [0.3, 0.4) is 0 Å². The number of nitrogen functional groups attached to an aromatic ring is 1. The lowest BCUT2D eigenvalue weighted by Crippen LogP contribution is -2.25. The van der Waals surface area contributed by atoms with Crippen LogP contribution >= 0.6 is 0 Å². The van der Waals surface area contributed by atoms with Gasteiger partial charge in [-0.2, -0.15) is 14.6 Å². The molecule has 0 aliphatic rings. The van der Waals surface area contributed by atoms with Crippen LogP contribution in [0.5, 0.6) is 0 Å². The van der Waals surface area contributed by atoms with Crippen LogP contribution in [0.15, 0.2) is 35.3 Å². The lowest BCUT2D eigenvalue weighted by atomic mass is 10.3. The molecule has 2 N–H and O–H groups in total. The van der Waals surface area contributed by atoms with E-state index >= 15 is 0 Å². The molecule has 4 rings (SSSR count). The highest BCUT2D eigenvalue weighted by atomic mass is 19.1. The number of fused-ring (bicyclic) bond motifs is 3. The summed E-state index contributed by atoms with van der Waals surface area (Å²) in [6.45, 7) is 1.86. The monoisotopic (exact) mass is 369 g/mol. The second kappa shape index (κ2) is 6.12. The van der Waals surface area contributed by atoms with Crippen molar-refractivity contribution in [2.24, 2.45) is 0 Å². The molecule has 0 aliphatic heterocycles. The van der Waals surface area contributed by atoms with E-state index in [2.05, 4.69) is 20.3 Å². The van der Waals surface area contributed by atoms with Crippen LogP contribution in [0.2, 0.25) is 0 Å². The highest BCUT2D eigenvalue weighted by molar-refractivity contribution is 5.96. The van der Waals surface area contributed by atoms with Crippen molar-refractivity contribution in [2.45, 2.75) is 6.92 Å². The Hall–Kier alpha value is -3.89. The Bertz CT molecular complexity index is 1250. The molecular weight excluding hydrogens is 357 g/mol. The number of anilines is 1. The first-order chi connectivity index (χ1) is 13.0. The summed E-state index contributed by atoms with van der Waals surface area (Å²) in [5.41, 5.74) is 6.02. The average Bonchev–Trinajstić information content (AvgIpc) is 3.08. The van der Waals surface area contributed by atoms with Gasteiger partial charge in [-0.25, -0.2) is 18.5 Å². The molecule has 4 aromatic rings. The van der Waals surface area contributed by atoms with Crippen LogP contribution in [-0.4, -0.2) is 41.9 Å². The predicted octanol–water partition coefficient (Wildman–Crippen LogP) is 0.721. The molecule has 136 valence electrons. The number of nitrogens with zero attached hydrogens (tertiary/aromatic N) is 6. The minimum absolute atomic E-state index is 0.0383. The Morgan fingerprint density at radius 1 is 1.22 bits per heavy atom. The smallest absolute Gasteiger partial charge is 0.355 e. The lowest BCUT2D eigenvalue weighted by molar-refractivity contribution is 0.0528. The van der Waals surface area contributed by atoms with E-state index in [1.807, 2.05) is 0 Å². The fraction of sp³-hybridized carbons (Fsp3) is 0.125. The van der Waals surface area contributed by atoms with Gasteiger partial charge in [0.2, 0.25) is 0 Å². The van der Waals surface area contributed by atoms with Gasteiger partial charge in [0.05, 0.1) is 18.5 Å². The maximum Gasteiger partial charge on any atom is 0.355 e. The van der Waals surface area contributed by atoms with Crippen molar-refractivity contribution < 1.29 is 13.9 Å². The summed E-state index contributed by atoms with van der Waals surface area (Å²) < 4.78 is 20.4. The van der Waals surface area contributed by atoms with Gasteiger partial charge in [0, 0.05) is 0 Å². The zero-order valence-corrected chi connectivity index (χ0v) is 14.0. The van der Waals surface area contributed by atoms with Crippen LogP contribution in [-0.2, 0) is 4.74 Å². The molecule has 0 saturated carbocycles. The van der Waals surface area contributed by atoms with Gasteiger partial charge in [-0.15, -0.1) is 10.2 Å². The zero-order valence-electron chi connectivity index (χ0n) is 14.0. The minimum atomic E-state index is -0.714. The molecular formula is C16H12FN7O3. The van der Waals surface area contributed by atoms with E-state index in [9.17, 15) is 14.0 Å². The first-order valence-corrected chi connectivity index (χ1v) is 7.87. The topological polar surface area (TPSA) is 130 Å². The van der Waals surface area contributed by atoms with E-state index in [-0.39, 0.29) is 34.8 Å². The summed E-state index contributed by atoms with van der Waals surface area (Å²) in [5.74, 6) is -1.11. The SMILES string of the molecule is CCOC(=O)c1cnn2c1nnc1c(N)n(-c3ccc(F)cc3)c(=O)nc12. The van der Waals surface area contributed by atoms with Crippen molar-refractivity contribution in [1.82, 2.24) is 29.4 Å². The van der Waals surface area contributed by atoms with Crippen LogP contribution in [0.4, 0.5) is 10.2 Å². The molecule has 27 heavy (non-hydrogen) atoms. The second-order valence-corrected chi connectivity index (χ2v) is 5.48. The second-order valence-electron chi connectivity index (χ2n) is 5.48. The van der Waals surface area contributed by atoms with Gasteiger partial charge in [0.1, 0.15) is 17.2 Å². The van der Waals surface area contributed by atoms with Gasteiger partial charge < -0.3 is 10.5 Å². The number of aromatic nitrogens is 6. The Labute approximate surface area is 150 Å². The van der Waals surface area contributed by atoms with Gasteiger partial charge in [0.15, 0.2) is 16.8 Å². The summed E-state index contributed by atoms with van der Waals surface area (Å²) in [7, 11) is 0. The summed E-state index contributed by atoms with van der Waals surface area (Å²) in [6.07, 6.45) is 1.25. The largest absolute Gasteiger partial charge is 0.462 e. The van der Waals surface area contributed by atoms with E-state index in [0.717, 1.165) is 4.57 Å². The first kappa shape index (κ1) is 16.6. The standard InChI is InChI=1S/C16H12FN7O3/c1-2-27-15(25)10-7-19-24-13(10)22-21-11-12(18)23(16(26)20-14(11)24)9-5-3-8(17)4-6-9/h3-7H,2,18H2,1H3.